The van der Waals surface area contributed by atoms with Crippen molar-refractivity contribution < 1.29 is 27.9 Å². The van der Waals surface area contributed by atoms with Gasteiger partial charge in [-0.1, -0.05) is 6.92 Å². The summed E-state index contributed by atoms with van der Waals surface area (Å²) in [4.78, 5) is 23.5. The number of aromatic nitrogens is 2. The van der Waals surface area contributed by atoms with Crippen LogP contribution in [0.25, 0.3) is 0 Å². The summed E-state index contributed by atoms with van der Waals surface area (Å²) in [6, 6.07) is 0.766. The Morgan fingerprint density at radius 2 is 2.04 bits per heavy atom. The Balaban J connectivity index is 2.03. The topological polar surface area (TPSA) is 84.2 Å². The van der Waals surface area contributed by atoms with Crippen LogP contribution in [-0.4, -0.2) is 32.3 Å². The summed E-state index contributed by atoms with van der Waals surface area (Å²) in [5, 5.41) is 15.2. The van der Waals surface area contributed by atoms with E-state index in [1.807, 2.05) is 6.92 Å². The van der Waals surface area contributed by atoms with Gasteiger partial charge in [0.25, 0.3) is 0 Å². The van der Waals surface area contributed by atoms with Crippen LogP contribution in [0.2, 0.25) is 0 Å². The molecule has 0 unspecified atom stereocenters. The zero-order chi connectivity index (χ0) is 17.3. The number of nitrogens with one attached hydrogen (secondary N) is 1. The second kappa shape index (κ2) is 6.21. The van der Waals surface area contributed by atoms with E-state index in [-0.39, 0.29) is 0 Å². The fourth-order valence-corrected chi connectivity index (χ4v) is 2.70. The van der Waals surface area contributed by atoms with Crippen LogP contribution in [0.4, 0.5) is 13.2 Å². The summed E-state index contributed by atoms with van der Waals surface area (Å²) >= 11 is 0. The van der Waals surface area contributed by atoms with Gasteiger partial charge in [-0.2, -0.15) is 18.3 Å². The van der Waals surface area contributed by atoms with Gasteiger partial charge in [-0.05, 0) is 37.7 Å². The first-order chi connectivity index (χ1) is 10.6. The zero-order valence-electron chi connectivity index (χ0n) is 12.6. The SMILES string of the molecule is CC1CCC(NC(=O)Cn2ccc(C(F)(F)F)n2)(C(=O)O)CC1. The summed E-state index contributed by atoms with van der Waals surface area (Å²) in [6.45, 7) is 1.55. The number of alkyl halides is 3. The van der Waals surface area contributed by atoms with Crippen LogP contribution in [0.15, 0.2) is 12.3 Å². The normalized spacial score (nSPS) is 25.1. The van der Waals surface area contributed by atoms with Crippen molar-refractivity contribution in [1.82, 2.24) is 15.1 Å². The highest BCUT2D eigenvalue weighted by Crippen LogP contribution is 2.32. The van der Waals surface area contributed by atoms with Gasteiger partial charge < -0.3 is 10.4 Å². The second-order valence-corrected chi connectivity index (χ2v) is 6.01. The second-order valence-electron chi connectivity index (χ2n) is 6.01. The van der Waals surface area contributed by atoms with E-state index < -0.39 is 35.8 Å². The highest BCUT2D eigenvalue weighted by molar-refractivity contribution is 5.87. The Labute approximate surface area is 130 Å². The van der Waals surface area contributed by atoms with E-state index in [2.05, 4.69) is 10.4 Å². The van der Waals surface area contributed by atoms with E-state index in [4.69, 9.17) is 0 Å². The number of halogens is 3. The van der Waals surface area contributed by atoms with Gasteiger partial charge in [0.1, 0.15) is 12.1 Å². The molecule has 0 spiro atoms. The number of hydrogen-bond acceptors (Lipinski definition) is 3. The summed E-state index contributed by atoms with van der Waals surface area (Å²) in [5.41, 5.74) is -2.44. The molecule has 1 heterocycles. The van der Waals surface area contributed by atoms with Crippen molar-refractivity contribution in [2.45, 2.75) is 50.9 Å². The maximum atomic E-state index is 12.5. The summed E-state index contributed by atoms with van der Waals surface area (Å²) in [7, 11) is 0. The highest BCUT2D eigenvalue weighted by atomic mass is 19.4. The van der Waals surface area contributed by atoms with E-state index in [1.54, 1.807) is 0 Å². The molecule has 1 saturated carbocycles. The third-order valence-electron chi connectivity index (χ3n) is 4.15. The summed E-state index contributed by atoms with van der Waals surface area (Å²) in [5.74, 6) is -1.40. The Bertz CT molecular complexity index is 590. The molecule has 1 amide bonds. The molecule has 1 aliphatic carbocycles. The predicted molar refractivity (Wildman–Crippen MR) is 73.4 cm³/mol. The lowest BCUT2D eigenvalue weighted by atomic mass is 9.77. The number of carbonyl (C=O) groups is 2. The Kier molecular flexibility index (Phi) is 4.67. The highest BCUT2D eigenvalue weighted by Gasteiger charge is 2.42. The van der Waals surface area contributed by atoms with Crippen LogP contribution >= 0.6 is 0 Å². The van der Waals surface area contributed by atoms with Crippen LogP contribution in [0.1, 0.15) is 38.3 Å². The molecule has 9 heteroatoms. The number of aliphatic carboxylic acids is 1. The first-order valence-corrected chi connectivity index (χ1v) is 7.27. The van der Waals surface area contributed by atoms with Gasteiger partial charge in [-0.3, -0.25) is 9.48 Å². The van der Waals surface area contributed by atoms with Crippen molar-refractivity contribution in [3.05, 3.63) is 18.0 Å². The lowest BCUT2D eigenvalue weighted by Crippen LogP contribution is -2.56. The molecule has 1 fully saturated rings. The van der Waals surface area contributed by atoms with Crippen LogP contribution in [0, 0.1) is 5.92 Å². The molecule has 128 valence electrons. The third kappa shape index (κ3) is 4.02. The molecule has 0 aromatic carbocycles. The Morgan fingerprint density at radius 1 is 1.43 bits per heavy atom. The average Bonchev–Trinajstić information content (AvgIpc) is 2.89. The smallest absolute Gasteiger partial charge is 0.435 e. The van der Waals surface area contributed by atoms with E-state index in [1.165, 1.54) is 0 Å². The monoisotopic (exact) mass is 333 g/mol. The number of hydrogen-bond donors (Lipinski definition) is 2. The van der Waals surface area contributed by atoms with Crippen LogP contribution in [0.3, 0.4) is 0 Å². The zero-order valence-corrected chi connectivity index (χ0v) is 12.6. The summed E-state index contributed by atoms with van der Waals surface area (Å²) < 4.78 is 38.2. The molecule has 1 aromatic heterocycles. The van der Waals surface area contributed by atoms with Crippen LogP contribution in [0.5, 0.6) is 0 Å². The minimum absolute atomic E-state index is 0.308. The van der Waals surface area contributed by atoms with E-state index in [0.29, 0.717) is 31.6 Å². The van der Waals surface area contributed by atoms with E-state index >= 15 is 0 Å². The average molecular weight is 333 g/mol. The summed E-state index contributed by atoms with van der Waals surface area (Å²) in [6.07, 6.45) is -1.58. The molecular formula is C14H18F3N3O3. The van der Waals surface area contributed by atoms with Crippen LogP contribution < -0.4 is 5.32 Å². The molecule has 1 aliphatic rings. The van der Waals surface area contributed by atoms with Gasteiger partial charge in [-0.15, -0.1) is 0 Å². The fraction of sp³-hybridized carbons (Fsp3) is 0.643. The van der Waals surface area contributed by atoms with Crippen molar-refractivity contribution in [1.29, 1.82) is 0 Å². The fourth-order valence-electron chi connectivity index (χ4n) is 2.70. The molecule has 0 radical (unpaired) electrons. The van der Waals surface area contributed by atoms with Crippen molar-refractivity contribution in [3.63, 3.8) is 0 Å². The number of carboxylic acids is 1. The molecule has 0 aliphatic heterocycles. The molecule has 6 nitrogen and oxygen atoms in total. The van der Waals surface area contributed by atoms with Gasteiger partial charge >= 0.3 is 12.1 Å². The minimum atomic E-state index is -4.58. The molecular weight excluding hydrogens is 315 g/mol. The standard InChI is InChI=1S/C14H18F3N3O3/c1-9-2-5-13(6-3-9,12(22)23)18-11(21)8-20-7-4-10(19-20)14(15,16)17/h4,7,9H,2-3,5-6,8H2,1H3,(H,18,21)(H,22,23). The van der Waals surface area contributed by atoms with Crippen molar-refractivity contribution in [3.8, 4) is 0 Å². The third-order valence-corrected chi connectivity index (χ3v) is 4.15. The minimum Gasteiger partial charge on any atom is -0.480 e. The molecule has 0 bridgehead atoms. The molecule has 23 heavy (non-hydrogen) atoms. The molecule has 2 rings (SSSR count). The molecule has 0 saturated heterocycles. The van der Waals surface area contributed by atoms with Gasteiger partial charge in [-0.25, -0.2) is 4.79 Å². The van der Waals surface area contributed by atoms with Crippen molar-refractivity contribution in [2.24, 2.45) is 5.92 Å². The van der Waals surface area contributed by atoms with Gasteiger partial charge in [0, 0.05) is 6.20 Å². The largest absolute Gasteiger partial charge is 0.480 e. The lowest BCUT2D eigenvalue weighted by Gasteiger charge is -2.36. The molecule has 1 aromatic rings. The molecule has 2 N–H and O–H groups in total. The number of rotatable bonds is 4. The number of carboxylic acid groups (broad SMARTS) is 1. The quantitative estimate of drug-likeness (QED) is 0.883. The number of nitrogens with zero attached hydrogens (tertiary/aromatic N) is 2. The van der Waals surface area contributed by atoms with E-state index in [0.717, 1.165) is 16.9 Å². The maximum Gasteiger partial charge on any atom is 0.435 e. The first-order valence-electron chi connectivity index (χ1n) is 7.27. The Hall–Kier alpha value is -2.06. The lowest BCUT2D eigenvalue weighted by molar-refractivity contribution is -0.149. The molecule has 0 atom stereocenters. The van der Waals surface area contributed by atoms with Gasteiger partial charge in [0.2, 0.25) is 5.91 Å². The first kappa shape index (κ1) is 17.3. The van der Waals surface area contributed by atoms with Crippen LogP contribution in [-0.2, 0) is 22.3 Å². The predicted octanol–water partition coefficient (Wildman–Crippen LogP) is 2.05. The van der Waals surface area contributed by atoms with Gasteiger partial charge in [0.05, 0.1) is 0 Å². The number of carbonyl (C=O) groups excluding carboxylic acids is 1. The van der Waals surface area contributed by atoms with Crippen molar-refractivity contribution >= 4 is 11.9 Å². The van der Waals surface area contributed by atoms with Gasteiger partial charge in [0.15, 0.2) is 5.69 Å². The van der Waals surface area contributed by atoms with E-state index in [9.17, 15) is 27.9 Å². The number of amides is 1. The maximum absolute atomic E-state index is 12.5. The Morgan fingerprint density at radius 3 is 2.52 bits per heavy atom. The van der Waals surface area contributed by atoms with Crippen molar-refractivity contribution in [2.75, 3.05) is 0 Å².